The van der Waals surface area contributed by atoms with Crippen LogP contribution in [0.15, 0.2) is 0 Å². The zero-order valence-corrected chi connectivity index (χ0v) is 11.3. The van der Waals surface area contributed by atoms with Crippen molar-refractivity contribution in [1.29, 1.82) is 0 Å². The molecule has 1 heterocycles. The summed E-state index contributed by atoms with van der Waals surface area (Å²) in [7, 11) is 0. The van der Waals surface area contributed by atoms with E-state index in [0.717, 1.165) is 25.8 Å². The summed E-state index contributed by atoms with van der Waals surface area (Å²) in [5, 5.41) is 8.69. The second-order valence-electron chi connectivity index (χ2n) is 4.49. The molecule has 2 unspecified atom stereocenters. The standard InChI is InChI=1S/C12H21NO3S/c1-9(17-2)12(16)13-8-4-3-5-10(13)6-7-11(14)15/h9-10H,3-8H2,1-2H3,(H,14,15). The summed E-state index contributed by atoms with van der Waals surface area (Å²) in [6.07, 6.45) is 5.75. The van der Waals surface area contributed by atoms with E-state index >= 15 is 0 Å². The molecule has 5 heteroatoms. The predicted octanol–water partition coefficient (Wildman–Crippen LogP) is 1.98. The molecule has 0 spiro atoms. The average molecular weight is 259 g/mol. The fourth-order valence-corrected chi connectivity index (χ4v) is 2.55. The number of carbonyl (C=O) groups excluding carboxylic acids is 1. The second kappa shape index (κ2) is 6.89. The van der Waals surface area contributed by atoms with E-state index < -0.39 is 5.97 Å². The summed E-state index contributed by atoms with van der Waals surface area (Å²) in [5.74, 6) is -0.617. The monoisotopic (exact) mass is 259 g/mol. The molecule has 0 aromatic heterocycles. The molecule has 0 radical (unpaired) electrons. The number of carboxylic acid groups (broad SMARTS) is 1. The summed E-state index contributed by atoms with van der Waals surface area (Å²) in [4.78, 5) is 24.6. The summed E-state index contributed by atoms with van der Waals surface area (Å²) >= 11 is 1.55. The minimum Gasteiger partial charge on any atom is -0.481 e. The van der Waals surface area contributed by atoms with Crippen molar-refractivity contribution in [1.82, 2.24) is 4.90 Å². The van der Waals surface area contributed by atoms with Crippen molar-refractivity contribution in [2.45, 2.75) is 50.3 Å². The Morgan fingerprint density at radius 3 is 2.76 bits per heavy atom. The molecule has 1 aliphatic rings. The molecule has 0 aromatic carbocycles. The molecule has 0 bridgehead atoms. The lowest BCUT2D eigenvalue weighted by Crippen LogP contribution is -2.47. The lowest BCUT2D eigenvalue weighted by atomic mass is 9.97. The molecule has 0 saturated carbocycles. The third kappa shape index (κ3) is 4.22. The first-order chi connectivity index (χ1) is 8.06. The van der Waals surface area contributed by atoms with E-state index in [-0.39, 0.29) is 23.6 Å². The van der Waals surface area contributed by atoms with Crippen molar-refractivity contribution in [3.63, 3.8) is 0 Å². The van der Waals surface area contributed by atoms with E-state index in [4.69, 9.17) is 5.11 Å². The largest absolute Gasteiger partial charge is 0.481 e. The lowest BCUT2D eigenvalue weighted by Gasteiger charge is -2.37. The summed E-state index contributed by atoms with van der Waals surface area (Å²) in [5.41, 5.74) is 0. The van der Waals surface area contributed by atoms with E-state index in [0.29, 0.717) is 6.42 Å². The van der Waals surface area contributed by atoms with Crippen LogP contribution in [0.2, 0.25) is 0 Å². The number of nitrogens with zero attached hydrogens (tertiary/aromatic N) is 1. The van der Waals surface area contributed by atoms with Gasteiger partial charge in [0.1, 0.15) is 0 Å². The maximum Gasteiger partial charge on any atom is 0.303 e. The number of carbonyl (C=O) groups is 2. The minimum atomic E-state index is -0.777. The van der Waals surface area contributed by atoms with E-state index in [9.17, 15) is 9.59 Å². The van der Waals surface area contributed by atoms with Gasteiger partial charge in [0.25, 0.3) is 0 Å². The number of aliphatic carboxylic acids is 1. The van der Waals surface area contributed by atoms with Gasteiger partial charge < -0.3 is 10.0 Å². The van der Waals surface area contributed by atoms with Gasteiger partial charge in [-0.25, -0.2) is 0 Å². The van der Waals surface area contributed by atoms with Gasteiger partial charge >= 0.3 is 5.97 Å². The predicted molar refractivity (Wildman–Crippen MR) is 69.2 cm³/mol. The van der Waals surface area contributed by atoms with Gasteiger partial charge in [-0.3, -0.25) is 9.59 Å². The molecular formula is C12H21NO3S. The highest BCUT2D eigenvalue weighted by Gasteiger charge is 2.29. The van der Waals surface area contributed by atoms with Gasteiger partial charge in [0.05, 0.1) is 5.25 Å². The smallest absolute Gasteiger partial charge is 0.303 e. The first kappa shape index (κ1) is 14.4. The van der Waals surface area contributed by atoms with Crippen LogP contribution >= 0.6 is 11.8 Å². The molecule has 1 rings (SSSR count). The van der Waals surface area contributed by atoms with Crippen LogP contribution in [0.4, 0.5) is 0 Å². The highest BCUT2D eigenvalue weighted by Crippen LogP contribution is 2.23. The number of carboxylic acids is 1. The Bertz CT molecular complexity index is 283. The zero-order valence-electron chi connectivity index (χ0n) is 10.5. The quantitative estimate of drug-likeness (QED) is 0.820. The van der Waals surface area contributed by atoms with Crippen LogP contribution in [0.25, 0.3) is 0 Å². The highest BCUT2D eigenvalue weighted by molar-refractivity contribution is 7.99. The fraction of sp³-hybridized carbons (Fsp3) is 0.833. The van der Waals surface area contributed by atoms with Gasteiger partial charge in [0.2, 0.25) is 5.91 Å². The number of hydrogen-bond acceptors (Lipinski definition) is 3. The van der Waals surface area contributed by atoms with Crippen LogP contribution in [0.1, 0.15) is 39.0 Å². The molecule has 0 aromatic rings. The van der Waals surface area contributed by atoms with Gasteiger partial charge in [-0.2, -0.15) is 11.8 Å². The number of piperidine rings is 1. The van der Waals surface area contributed by atoms with Crippen molar-refractivity contribution >= 4 is 23.6 Å². The molecule has 0 aliphatic carbocycles. The summed E-state index contributed by atoms with van der Waals surface area (Å²) in [6.45, 7) is 2.70. The van der Waals surface area contributed by atoms with Crippen LogP contribution in [-0.4, -0.2) is 46.0 Å². The summed E-state index contributed by atoms with van der Waals surface area (Å²) in [6, 6.07) is 0.127. The molecule has 1 N–H and O–H groups in total. The van der Waals surface area contributed by atoms with Gasteiger partial charge in [-0.15, -0.1) is 0 Å². The van der Waals surface area contributed by atoms with Crippen LogP contribution in [-0.2, 0) is 9.59 Å². The maximum atomic E-state index is 12.1. The number of rotatable bonds is 5. The maximum absolute atomic E-state index is 12.1. The molecule has 1 aliphatic heterocycles. The van der Waals surface area contributed by atoms with E-state index in [1.54, 1.807) is 11.8 Å². The van der Waals surface area contributed by atoms with Gasteiger partial charge in [-0.1, -0.05) is 0 Å². The molecule has 2 atom stereocenters. The number of likely N-dealkylation sites (tertiary alicyclic amines) is 1. The Morgan fingerprint density at radius 2 is 2.18 bits per heavy atom. The Morgan fingerprint density at radius 1 is 1.47 bits per heavy atom. The first-order valence-corrected chi connectivity index (χ1v) is 7.40. The van der Waals surface area contributed by atoms with E-state index in [1.165, 1.54) is 0 Å². The normalized spacial score (nSPS) is 22.2. The average Bonchev–Trinajstić information content (AvgIpc) is 2.34. The summed E-state index contributed by atoms with van der Waals surface area (Å²) < 4.78 is 0. The molecule has 1 saturated heterocycles. The van der Waals surface area contributed by atoms with E-state index in [2.05, 4.69) is 0 Å². The second-order valence-corrected chi connectivity index (χ2v) is 5.67. The Hall–Kier alpha value is -0.710. The highest BCUT2D eigenvalue weighted by atomic mass is 32.2. The van der Waals surface area contributed by atoms with Crippen LogP contribution in [0.5, 0.6) is 0 Å². The van der Waals surface area contributed by atoms with Crippen LogP contribution < -0.4 is 0 Å². The Labute approximate surface area is 107 Å². The van der Waals surface area contributed by atoms with Crippen molar-refractivity contribution in [3.05, 3.63) is 0 Å². The minimum absolute atomic E-state index is 0.0274. The van der Waals surface area contributed by atoms with Crippen molar-refractivity contribution in [2.24, 2.45) is 0 Å². The number of hydrogen-bond donors (Lipinski definition) is 1. The molecule has 17 heavy (non-hydrogen) atoms. The molecule has 1 amide bonds. The zero-order chi connectivity index (χ0) is 12.8. The SMILES string of the molecule is CSC(C)C(=O)N1CCCCC1CCC(=O)O. The van der Waals surface area contributed by atoms with E-state index in [1.807, 2.05) is 18.1 Å². The lowest BCUT2D eigenvalue weighted by molar-refractivity contribution is -0.139. The van der Waals surface area contributed by atoms with Gasteiger partial charge in [0.15, 0.2) is 0 Å². The Balaban J connectivity index is 2.58. The molecule has 98 valence electrons. The molecule has 1 fully saturated rings. The Kier molecular flexibility index (Phi) is 5.82. The van der Waals surface area contributed by atoms with Gasteiger partial charge in [-0.05, 0) is 38.9 Å². The number of thioether (sulfide) groups is 1. The van der Waals surface area contributed by atoms with Crippen LogP contribution in [0.3, 0.4) is 0 Å². The third-order valence-corrected chi connectivity index (χ3v) is 4.21. The van der Waals surface area contributed by atoms with Crippen molar-refractivity contribution in [3.8, 4) is 0 Å². The van der Waals surface area contributed by atoms with Gasteiger partial charge in [0, 0.05) is 19.0 Å². The van der Waals surface area contributed by atoms with Crippen molar-refractivity contribution in [2.75, 3.05) is 12.8 Å². The first-order valence-electron chi connectivity index (χ1n) is 6.11. The molecular weight excluding hydrogens is 238 g/mol. The third-order valence-electron chi connectivity index (χ3n) is 3.30. The topological polar surface area (TPSA) is 57.6 Å². The number of amides is 1. The fourth-order valence-electron chi connectivity index (χ4n) is 2.22. The van der Waals surface area contributed by atoms with Crippen LogP contribution in [0, 0.1) is 0 Å². The molecule has 4 nitrogen and oxygen atoms in total. The van der Waals surface area contributed by atoms with Crippen molar-refractivity contribution < 1.29 is 14.7 Å².